The number of piperidine rings is 1. The molecule has 2 nitrogen and oxygen atoms in total. The molecule has 1 N–H and O–H groups in total. The average molecular weight is 220 g/mol. The van der Waals surface area contributed by atoms with E-state index >= 15 is 0 Å². The molecule has 0 spiro atoms. The number of likely N-dealkylation sites (tertiary alicyclic amines) is 1. The second kappa shape index (κ2) is 4.38. The lowest BCUT2D eigenvalue weighted by molar-refractivity contribution is 0.182. The summed E-state index contributed by atoms with van der Waals surface area (Å²) in [6.45, 7) is 1.18. The van der Waals surface area contributed by atoms with E-state index in [1.54, 1.807) is 0 Å². The third kappa shape index (κ3) is 1.76. The number of nitrogens with zero attached hydrogens (tertiary/aromatic N) is 1. The van der Waals surface area contributed by atoms with Crippen LogP contribution in [0.1, 0.15) is 57.8 Å². The number of nitrogens with one attached hydrogen (secondary N) is 1. The van der Waals surface area contributed by atoms with Crippen molar-refractivity contribution in [1.29, 1.82) is 5.41 Å². The molecule has 1 saturated heterocycles. The quantitative estimate of drug-likeness (QED) is 0.532. The van der Waals surface area contributed by atoms with E-state index in [1.165, 1.54) is 64.3 Å². The zero-order chi connectivity index (χ0) is 11.0. The predicted octanol–water partition coefficient (Wildman–Crippen LogP) is 3.42. The van der Waals surface area contributed by atoms with Crippen molar-refractivity contribution in [3.8, 4) is 0 Å². The highest BCUT2D eigenvalue weighted by atomic mass is 15.2. The van der Waals surface area contributed by atoms with E-state index in [1.807, 2.05) is 0 Å². The van der Waals surface area contributed by atoms with Crippen LogP contribution in [0.3, 0.4) is 0 Å². The van der Waals surface area contributed by atoms with Crippen LogP contribution < -0.4 is 0 Å². The first-order valence-corrected chi connectivity index (χ1v) is 7.21. The van der Waals surface area contributed by atoms with E-state index in [4.69, 9.17) is 5.41 Å². The van der Waals surface area contributed by atoms with Crippen LogP contribution in [-0.2, 0) is 0 Å². The van der Waals surface area contributed by atoms with Crippen LogP contribution in [0, 0.1) is 17.2 Å². The Balaban J connectivity index is 1.70. The van der Waals surface area contributed by atoms with Gasteiger partial charge in [-0.05, 0) is 44.4 Å². The van der Waals surface area contributed by atoms with Crippen LogP contribution in [-0.4, -0.2) is 23.3 Å². The van der Waals surface area contributed by atoms with Gasteiger partial charge in [-0.15, -0.1) is 0 Å². The Morgan fingerprint density at radius 2 is 1.62 bits per heavy atom. The average Bonchev–Trinajstić information content (AvgIpc) is 2.98. The fraction of sp³-hybridized carbons (Fsp3) is 0.929. The van der Waals surface area contributed by atoms with E-state index in [2.05, 4.69) is 4.90 Å². The Morgan fingerprint density at radius 3 is 2.44 bits per heavy atom. The van der Waals surface area contributed by atoms with E-state index < -0.39 is 0 Å². The van der Waals surface area contributed by atoms with Crippen LogP contribution >= 0.6 is 0 Å². The van der Waals surface area contributed by atoms with Crippen LogP contribution in [0.5, 0.6) is 0 Å². The molecule has 1 heterocycles. The summed E-state index contributed by atoms with van der Waals surface area (Å²) in [5.74, 6) is 2.55. The van der Waals surface area contributed by atoms with Gasteiger partial charge in [-0.25, -0.2) is 0 Å². The second-order valence-electron chi connectivity index (χ2n) is 5.96. The first-order valence-electron chi connectivity index (χ1n) is 7.21. The van der Waals surface area contributed by atoms with Crippen molar-refractivity contribution in [2.24, 2.45) is 11.8 Å². The third-order valence-electron chi connectivity index (χ3n) is 5.04. The van der Waals surface area contributed by atoms with Crippen molar-refractivity contribution in [3.63, 3.8) is 0 Å². The third-order valence-corrected chi connectivity index (χ3v) is 5.04. The Kier molecular flexibility index (Phi) is 2.91. The molecule has 2 aliphatic carbocycles. The Labute approximate surface area is 98.9 Å². The highest BCUT2D eigenvalue weighted by molar-refractivity contribution is 5.82. The van der Waals surface area contributed by atoms with Gasteiger partial charge in [0.15, 0.2) is 0 Å². The molecule has 0 aromatic carbocycles. The maximum Gasteiger partial charge on any atom is 0.0992 e. The van der Waals surface area contributed by atoms with Crippen molar-refractivity contribution in [2.45, 2.75) is 63.8 Å². The highest BCUT2D eigenvalue weighted by Crippen LogP contribution is 2.38. The van der Waals surface area contributed by atoms with Crippen LogP contribution in [0.4, 0.5) is 0 Å². The van der Waals surface area contributed by atoms with Crippen molar-refractivity contribution in [1.82, 2.24) is 4.90 Å². The SMILES string of the molecule is N=C(C1CCCC1)N1CCCC2CCCC21. The van der Waals surface area contributed by atoms with Gasteiger partial charge in [0.2, 0.25) is 0 Å². The summed E-state index contributed by atoms with van der Waals surface area (Å²) in [4.78, 5) is 2.50. The normalized spacial score (nSPS) is 35.4. The molecule has 1 aliphatic heterocycles. The number of fused-ring (bicyclic) bond motifs is 1. The van der Waals surface area contributed by atoms with E-state index in [0.29, 0.717) is 5.92 Å². The standard InChI is InChI=1S/C14H24N2/c15-14(12-5-1-2-6-12)16-10-4-8-11-7-3-9-13(11)16/h11-13,15H,1-10H2. The van der Waals surface area contributed by atoms with Crippen LogP contribution in [0.25, 0.3) is 0 Å². The molecule has 0 aromatic heterocycles. The zero-order valence-electron chi connectivity index (χ0n) is 10.3. The molecule has 0 aromatic rings. The van der Waals surface area contributed by atoms with E-state index in [9.17, 15) is 0 Å². The highest BCUT2D eigenvalue weighted by Gasteiger charge is 2.37. The van der Waals surface area contributed by atoms with Crippen molar-refractivity contribution in [2.75, 3.05) is 6.54 Å². The van der Waals surface area contributed by atoms with E-state index in [-0.39, 0.29) is 0 Å². The minimum Gasteiger partial charge on any atom is -0.357 e. The summed E-state index contributed by atoms with van der Waals surface area (Å²) in [6, 6.07) is 0.752. The topological polar surface area (TPSA) is 27.1 Å². The lowest BCUT2D eigenvalue weighted by atomic mass is 9.90. The molecule has 16 heavy (non-hydrogen) atoms. The van der Waals surface area contributed by atoms with Gasteiger partial charge in [0.1, 0.15) is 0 Å². The lowest BCUT2D eigenvalue weighted by Crippen LogP contribution is -2.47. The molecule has 3 aliphatic rings. The summed E-state index contributed by atoms with van der Waals surface area (Å²) < 4.78 is 0. The Morgan fingerprint density at radius 1 is 0.875 bits per heavy atom. The van der Waals surface area contributed by atoms with Gasteiger partial charge in [0, 0.05) is 18.5 Å². The molecule has 0 radical (unpaired) electrons. The molecule has 2 unspecified atom stereocenters. The van der Waals surface area contributed by atoms with Gasteiger partial charge in [-0.1, -0.05) is 19.3 Å². The van der Waals surface area contributed by atoms with Gasteiger partial charge in [-0.2, -0.15) is 0 Å². The molecule has 3 fully saturated rings. The summed E-state index contributed by atoms with van der Waals surface area (Å²) in [5.41, 5.74) is 0. The molecular formula is C14H24N2. The summed E-state index contributed by atoms with van der Waals surface area (Å²) in [7, 11) is 0. The van der Waals surface area contributed by atoms with Crippen molar-refractivity contribution < 1.29 is 0 Å². The van der Waals surface area contributed by atoms with Crippen molar-refractivity contribution >= 4 is 5.84 Å². The van der Waals surface area contributed by atoms with Gasteiger partial charge in [0.05, 0.1) is 5.84 Å². The molecule has 0 amide bonds. The van der Waals surface area contributed by atoms with Crippen LogP contribution in [0.15, 0.2) is 0 Å². The van der Waals surface area contributed by atoms with E-state index in [0.717, 1.165) is 17.8 Å². The number of hydrogen-bond donors (Lipinski definition) is 1. The molecule has 0 bridgehead atoms. The molecule has 2 heteroatoms. The largest absolute Gasteiger partial charge is 0.357 e. The minimum absolute atomic E-state index is 0.611. The zero-order valence-corrected chi connectivity index (χ0v) is 10.3. The minimum atomic E-state index is 0.611. The predicted molar refractivity (Wildman–Crippen MR) is 66.8 cm³/mol. The Bertz CT molecular complexity index is 268. The second-order valence-corrected chi connectivity index (χ2v) is 5.96. The van der Waals surface area contributed by atoms with Gasteiger partial charge >= 0.3 is 0 Å². The summed E-state index contributed by atoms with van der Waals surface area (Å²) >= 11 is 0. The van der Waals surface area contributed by atoms with Gasteiger partial charge in [-0.3, -0.25) is 5.41 Å². The first-order chi connectivity index (χ1) is 7.86. The van der Waals surface area contributed by atoms with Crippen LogP contribution in [0.2, 0.25) is 0 Å². The summed E-state index contributed by atoms with van der Waals surface area (Å²) in [5, 5.41) is 8.46. The fourth-order valence-electron chi connectivity index (χ4n) is 4.19. The first kappa shape index (κ1) is 10.6. The summed E-state index contributed by atoms with van der Waals surface area (Å²) in [6.07, 6.45) is 12.2. The maximum atomic E-state index is 8.46. The van der Waals surface area contributed by atoms with Gasteiger partial charge in [0.25, 0.3) is 0 Å². The molecule has 3 rings (SSSR count). The van der Waals surface area contributed by atoms with Gasteiger partial charge < -0.3 is 4.90 Å². The maximum absolute atomic E-state index is 8.46. The molecule has 2 saturated carbocycles. The number of hydrogen-bond acceptors (Lipinski definition) is 1. The van der Waals surface area contributed by atoms with Crippen molar-refractivity contribution in [3.05, 3.63) is 0 Å². The smallest absolute Gasteiger partial charge is 0.0992 e. The lowest BCUT2D eigenvalue weighted by Gasteiger charge is -2.41. The number of rotatable bonds is 1. The Hall–Kier alpha value is -0.530. The monoisotopic (exact) mass is 220 g/mol. The fourth-order valence-corrected chi connectivity index (χ4v) is 4.19. The number of amidine groups is 1. The molecular weight excluding hydrogens is 196 g/mol. The molecule has 2 atom stereocenters. The molecule has 90 valence electrons.